The van der Waals surface area contributed by atoms with Crippen molar-refractivity contribution in [2.24, 2.45) is 0 Å². The zero-order chi connectivity index (χ0) is 13.7. The SMILES string of the molecule is CCc1ccccc1C(CO)Nc1ccc(F)cc1. The number of anilines is 1. The number of hydrogen-bond donors (Lipinski definition) is 2. The Hall–Kier alpha value is -1.87. The lowest BCUT2D eigenvalue weighted by atomic mass is 9.99. The summed E-state index contributed by atoms with van der Waals surface area (Å²) in [5, 5.41) is 12.8. The number of hydrogen-bond acceptors (Lipinski definition) is 2. The molecule has 0 spiro atoms. The predicted octanol–water partition coefficient (Wildman–Crippen LogP) is 3.53. The highest BCUT2D eigenvalue weighted by Gasteiger charge is 2.13. The van der Waals surface area contributed by atoms with Crippen molar-refractivity contribution in [2.75, 3.05) is 11.9 Å². The summed E-state index contributed by atoms with van der Waals surface area (Å²) in [6.45, 7) is 2.08. The third-order valence-corrected chi connectivity index (χ3v) is 3.18. The molecule has 1 unspecified atom stereocenters. The summed E-state index contributed by atoms with van der Waals surface area (Å²) in [5.74, 6) is -0.264. The fourth-order valence-electron chi connectivity index (χ4n) is 2.17. The van der Waals surface area contributed by atoms with Crippen LogP contribution in [0.3, 0.4) is 0 Å². The van der Waals surface area contributed by atoms with E-state index in [-0.39, 0.29) is 18.5 Å². The van der Waals surface area contributed by atoms with Crippen molar-refractivity contribution >= 4 is 5.69 Å². The Kier molecular flexibility index (Phi) is 4.53. The summed E-state index contributed by atoms with van der Waals surface area (Å²) >= 11 is 0. The smallest absolute Gasteiger partial charge is 0.123 e. The van der Waals surface area contributed by atoms with Gasteiger partial charge < -0.3 is 10.4 Å². The number of aryl methyl sites for hydroxylation is 1. The van der Waals surface area contributed by atoms with Crippen LogP contribution < -0.4 is 5.32 Å². The summed E-state index contributed by atoms with van der Waals surface area (Å²) in [7, 11) is 0. The fourth-order valence-corrected chi connectivity index (χ4v) is 2.17. The molecular formula is C16H18FNO. The molecule has 1 atom stereocenters. The van der Waals surface area contributed by atoms with Crippen molar-refractivity contribution in [1.82, 2.24) is 0 Å². The second-order valence-electron chi connectivity index (χ2n) is 4.44. The predicted molar refractivity (Wildman–Crippen MR) is 75.7 cm³/mol. The van der Waals surface area contributed by atoms with E-state index in [1.54, 1.807) is 12.1 Å². The van der Waals surface area contributed by atoms with E-state index in [4.69, 9.17) is 0 Å². The topological polar surface area (TPSA) is 32.3 Å². The minimum atomic E-state index is -0.264. The van der Waals surface area contributed by atoms with E-state index in [0.29, 0.717) is 0 Å². The molecule has 0 amide bonds. The average Bonchev–Trinajstić information content (AvgIpc) is 2.46. The average molecular weight is 259 g/mol. The Morgan fingerprint density at radius 3 is 2.42 bits per heavy atom. The van der Waals surface area contributed by atoms with Crippen LogP contribution in [-0.4, -0.2) is 11.7 Å². The van der Waals surface area contributed by atoms with Crippen LogP contribution in [0, 0.1) is 5.82 Å². The molecular weight excluding hydrogens is 241 g/mol. The van der Waals surface area contributed by atoms with Gasteiger partial charge in [-0.25, -0.2) is 4.39 Å². The number of benzene rings is 2. The Balaban J connectivity index is 2.22. The molecule has 0 radical (unpaired) electrons. The number of halogens is 1. The lowest BCUT2D eigenvalue weighted by molar-refractivity contribution is 0.276. The summed E-state index contributed by atoms with van der Waals surface area (Å²) in [6.07, 6.45) is 0.914. The normalized spacial score (nSPS) is 12.2. The molecule has 100 valence electrons. The van der Waals surface area contributed by atoms with E-state index in [1.165, 1.54) is 17.7 Å². The number of aliphatic hydroxyl groups is 1. The molecule has 0 aliphatic heterocycles. The molecule has 19 heavy (non-hydrogen) atoms. The Bertz CT molecular complexity index is 525. The van der Waals surface area contributed by atoms with E-state index in [1.807, 2.05) is 18.2 Å². The van der Waals surface area contributed by atoms with Crippen LogP contribution in [0.4, 0.5) is 10.1 Å². The third kappa shape index (κ3) is 3.32. The molecule has 3 heteroatoms. The van der Waals surface area contributed by atoms with Crippen LogP contribution in [0.15, 0.2) is 48.5 Å². The lowest BCUT2D eigenvalue weighted by Gasteiger charge is -2.20. The lowest BCUT2D eigenvalue weighted by Crippen LogP contribution is -2.16. The number of rotatable bonds is 5. The first-order valence-corrected chi connectivity index (χ1v) is 6.45. The van der Waals surface area contributed by atoms with E-state index in [2.05, 4.69) is 18.3 Å². The fraction of sp³-hybridized carbons (Fsp3) is 0.250. The van der Waals surface area contributed by atoms with Crippen molar-refractivity contribution in [1.29, 1.82) is 0 Å². The largest absolute Gasteiger partial charge is 0.394 e. The highest BCUT2D eigenvalue weighted by atomic mass is 19.1. The molecule has 2 rings (SSSR count). The van der Waals surface area contributed by atoms with Gasteiger partial charge in [-0.05, 0) is 41.8 Å². The van der Waals surface area contributed by atoms with Crippen molar-refractivity contribution in [3.05, 3.63) is 65.5 Å². The van der Waals surface area contributed by atoms with Gasteiger partial charge in [-0.15, -0.1) is 0 Å². The standard InChI is InChI=1S/C16H18FNO/c1-2-12-5-3-4-6-15(12)16(11-19)18-14-9-7-13(17)8-10-14/h3-10,16,18-19H,2,11H2,1H3. The number of aliphatic hydroxyl groups excluding tert-OH is 1. The maximum absolute atomic E-state index is 12.9. The van der Waals surface area contributed by atoms with E-state index in [0.717, 1.165) is 17.7 Å². The van der Waals surface area contributed by atoms with Gasteiger partial charge >= 0.3 is 0 Å². The van der Waals surface area contributed by atoms with Gasteiger partial charge in [-0.2, -0.15) is 0 Å². The zero-order valence-electron chi connectivity index (χ0n) is 10.9. The molecule has 2 N–H and O–H groups in total. The minimum Gasteiger partial charge on any atom is -0.394 e. The van der Waals surface area contributed by atoms with Crippen LogP contribution in [0.5, 0.6) is 0 Å². The van der Waals surface area contributed by atoms with Gasteiger partial charge in [-0.3, -0.25) is 0 Å². The number of nitrogens with one attached hydrogen (secondary N) is 1. The molecule has 2 aromatic carbocycles. The summed E-state index contributed by atoms with van der Waals surface area (Å²) < 4.78 is 12.9. The van der Waals surface area contributed by atoms with Crippen molar-refractivity contribution in [3.63, 3.8) is 0 Å². The zero-order valence-corrected chi connectivity index (χ0v) is 10.9. The van der Waals surface area contributed by atoms with Gasteiger partial charge in [0.1, 0.15) is 5.82 Å². The Morgan fingerprint density at radius 1 is 1.11 bits per heavy atom. The van der Waals surface area contributed by atoms with Gasteiger partial charge in [-0.1, -0.05) is 31.2 Å². The Labute approximate surface area is 112 Å². The van der Waals surface area contributed by atoms with E-state index in [9.17, 15) is 9.50 Å². The second-order valence-corrected chi connectivity index (χ2v) is 4.44. The molecule has 0 heterocycles. The summed E-state index contributed by atoms with van der Waals surface area (Å²) in [4.78, 5) is 0. The molecule has 0 aliphatic carbocycles. The van der Waals surface area contributed by atoms with Crippen LogP contribution in [0.1, 0.15) is 24.1 Å². The second kappa shape index (κ2) is 6.34. The first-order chi connectivity index (χ1) is 9.24. The van der Waals surface area contributed by atoms with Crippen molar-refractivity contribution in [2.45, 2.75) is 19.4 Å². The first-order valence-electron chi connectivity index (χ1n) is 6.45. The molecule has 0 aromatic heterocycles. The quantitative estimate of drug-likeness (QED) is 0.861. The first kappa shape index (κ1) is 13.6. The molecule has 0 saturated heterocycles. The highest BCUT2D eigenvalue weighted by Crippen LogP contribution is 2.23. The van der Waals surface area contributed by atoms with Gasteiger partial charge in [0.05, 0.1) is 12.6 Å². The molecule has 0 fully saturated rings. The van der Waals surface area contributed by atoms with Crippen molar-refractivity contribution < 1.29 is 9.50 Å². The van der Waals surface area contributed by atoms with Crippen molar-refractivity contribution in [3.8, 4) is 0 Å². The maximum atomic E-state index is 12.9. The monoisotopic (exact) mass is 259 g/mol. The molecule has 2 nitrogen and oxygen atoms in total. The Morgan fingerprint density at radius 2 is 1.79 bits per heavy atom. The van der Waals surface area contributed by atoms with Crippen LogP contribution in [-0.2, 0) is 6.42 Å². The van der Waals surface area contributed by atoms with Gasteiger partial charge in [0, 0.05) is 5.69 Å². The minimum absolute atomic E-state index is 0.00557. The summed E-state index contributed by atoms with van der Waals surface area (Å²) in [5.41, 5.74) is 3.08. The molecule has 0 saturated carbocycles. The van der Waals surface area contributed by atoms with Crippen LogP contribution in [0.2, 0.25) is 0 Å². The molecule has 0 bridgehead atoms. The van der Waals surface area contributed by atoms with Gasteiger partial charge in [0.15, 0.2) is 0 Å². The van der Waals surface area contributed by atoms with Crippen LogP contribution >= 0.6 is 0 Å². The molecule has 0 aliphatic rings. The van der Waals surface area contributed by atoms with E-state index >= 15 is 0 Å². The van der Waals surface area contributed by atoms with Crippen LogP contribution in [0.25, 0.3) is 0 Å². The highest BCUT2D eigenvalue weighted by molar-refractivity contribution is 5.46. The third-order valence-electron chi connectivity index (χ3n) is 3.18. The molecule has 2 aromatic rings. The summed E-state index contributed by atoms with van der Waals surface area (Å²) in [6, 6.07) is 14.0. The van der Waals surface area contributed by atoms with Gasteiger partial charge in [0.2, 0.25) is 0 Å². The van der Waals surface area contributed by atoms with Gasteiger partial charge in [0.25, 0.3) is 0 Å². The maximum Gasteiger partial charge on any atom is 0.123 e. The van der Waals surface area contributed by atoms with E-state index < -0.39 is 0 Å².